The molecule has 5 heteroatoms. The van der Waals surface area contributed by atoms with Crippen molar-refractivity contribution in [2.45, 2.75) is 19.9 Å². The Hall–Kier alpha value is -0.940. The summed E-state index contributed by atoms with van der Waals surface area (Å²) in [5.41, 5.74) is 0.865. The lowest BCUT2D eigenvalue weighted by Gasteiger charge is -2.12. The number of sulfonamides is 1. The molecule has 1 heterocycles. The Kier molecular flexibility index (Phi) is 3.60. The average molecular weight is 214 g/mol. The molecular weight excluding hydrogens is 200 g/mol. The van der Waals surface area contributed by atoms with E-state index >= 15 is 0 Å². The molecule has 1 aromatic rings. The fourth-order valence-electron chi connectivity index (χ4n) is 1.05. The summed E-state index contributed by atoms with van der Waals surface area (Å²) < 4.78 is 25.1. The van der Waals surface area contributed by atoms with Crippen LogP contribution < -0.4 is 4.72 Å². The summed E-state index contributed by atoms with van der Waals surface area (Å²) in [6.07, 6.45) is 3.31. The first-order valence-electron chi connectivity index (χ1n) is 4.45. The summed E-state index contributed by atoms with van der Waals surface area (Å²) in [6, 6.07) is 3.40. The quantitative estimate of drug-likeness (QED) is 0.816. The van der Waals surface area contributed by atoms with Crippen molar-refractivity contribution < 1.29 is 8.42 Å². The van der Waals surface area contributed by atoms with E-state index in [1.165, 1.54) is 0 Å². The van der Waals surface area contributed by atoms with Crippen LogP contribution in [0.2, 0.25) is 0 Å². The molecule has 4 nitrogen and oxygen atoms in total. The number of nitrogens with one attached hydrogen (secondary N) is 1. The van der Waals surface area contributed by atoms with Crippen molar-refractivity contribution in [2.24, 2.45) is 0 Å². The summed E-state index contributed by atoms with van der Waals surface area (Å²) in [5.74, 6) is 0.0948. The van der Waals surface area contributed by atoms with Crippen LogP contribution in [0.25, 0.3) is 0 Å². The smallest absolute Gasteiger partial charge is 0.211 e. The Morgan fingerprint density at radius 3 is 2.79 bits per heavy atom. The Morgan fingerprint density at radius 2 is 2.29 bits per heavy atom. The van der Waals surface area contributed by atoms with Crippen molar-refractivity contribution in [2.75, 3.05) is 5.75 Å². The molecule has 0 aliphatic carbocycles. The number of nitrogens with zero attached hydrogens (tertiary/aromatic N) is 1. The Morgan fingerprint density at radius 1 is 1.57 bits per heavy atom. The van der Waals surface area contributed by atoms with Crippen LogP contribution in [0.3, 0.4) is 0 Å². The highest BCUT2D eigenvalue weighted by molar-refractivity contribution is 7.89. The lowest BCUT2D eigenvalue weighted by molar-refractivity contribution is 0.568. The fraction of sp³-hybridized carbons (Fsp3) is 0.444. The van der Waals surface area contributed by atoms with Gasteiger partial charge in [-0.15, -0.1) is 0 Å². The molecule has 1 atom stereocenters. The Bertz CT molecular complexity index is 375. The summed E-state index contributed by atoms with van der Waals surface area (Å²) in [4.78, 5) is 3.93. The van der Waals surface area contributed by atoms with Gasteiger partial charge in [-0.2, -0.15) is 0 Å². The third-order valence-electron chi connectivity index (χ3n) is 1.92. The predicted molar refractivity (Wildman–Crippen MR) is 55.2 cm³/mol. The second-order valence-electron chi connectivity index (χ2n) is 3.03. The van der Waals surface area contributed by atoms with Crippen molar-refractivity contribution in [1.29, 1.82) is 0 Å². The lowest BCUT2D eigenvalue weighted by atomic mass is 10.2. The van der Waals surface area contributed by atoms with Gasteiger partial charge >= 0.3 is 0 Å². The Balaban J connectivity index is 2.74. The van der Waals surface area contributed by atoms with E-state index in [1.807, 2.05) is 6.07 Å². The molecule has 0 spiro atoms. The SMILES string of the molecule is CCS(=O)(=O)NC(C)c1cccnc1. The molecule has 0 aromatic carbocycles. The molecule has 0 fully saturated rings. The van der Waals surface area contributed by atoms with E-state index in [0.29, 0.717) is 0 Å². The second-order valence-corrected chi connectivity index (χ2v) is 5.07. The van der Waals surface area contributed by atoms with E-state index in [1.54, 1.807) is 32.3 Å². The highest BCUT2D eigenvalue weighted by atomic mass is 32.2. The van der Waals surface area contributed by atoms with Crippen LogP contribution in [0.15, 0.2) is 24.5 Å². The third-order valence-corrected chi connectivity index (χ3v) is 3.39. The highest BCUT2D eigenvalue weighted by Gasteiger charge is 2.12. The lowest BCUT2D eigenvalue weighted by Crippen LogP contribution is -2.28. The molecule has 0 amide bonds. The monoisotopic (exact) mass is 214 g/mol. The highest BCUT2D eigenvalue weighted by Crippen LogP contribution is 2.10. The van der Waals surface area contributed by atoms with E-state index < -0.39 is 10.0 Å². The van der Waals surface area contributed by atoms with Crippen LogP contribution >= 0.6 is 0 Å². The molecule has 1 aromatic heterocycles. The topological polar surface area (TPSA) is 59.1 Å². The summed E-state index contributed by atoms with van der Waals surface area (Å²) in [5, 5.41) is 0. The molecule has 0 aliphatic heterocycles. The molecule has 0 saturated heterocycles. The van der Waals surface area contributed by atoms with Gasteiger partial charge < -0.3 is 0 Å². The van der Waals surface area contributed by atoms with Crippen molar-refractivity contribution in [3.05, 3.63) is 30.1 Å². The van der Waals surface area contributed by atoms with Crippen LogP contribution in [0.1, 0.15) is 25.5 Å². The van der Waals surface area contributed by atoms with E-state index in [9.17, 15) is 8.42 Å². The Labute approximate surface area is 84.4 Å². The van der Waals surface area contributed by atoms with Crippen LogP contribution in [-0.2, 0) is 10.0 Å². The fourth-order valence-corrected chi connectivity index (χ4v) is 1.89. The van der Waals surface area contributed by atoms with E-state index in [4.69, 9.17) is 0 Å². The molecule has 0 bridgehead atoms. The average Bonchev–Trinajstić information content (AvgIpc) is 2.19. The van der Waals surface area contributed by atoms with Gasteiger partial charge in [0.05, 0.1) is 5.75 Å². The van der Waals surface area contributed by atoms with Gasteiger partial charge in [0, 0.05) is 18.4 Å². The number of pyridine rings is 1. The molecule has 1 N–H and O–H groups in total. The maximum atomic E-state index is 11.3. The molecule has 0 radical (unpaired) electrons. The van der Waals surface area contributed by atoms with E-state index in [-0.39, 0.29) is 11.8 Å². The zero-order valence-electron chi connectivity index (χ0n) is 8.27. The van der Waals surface area contributed by atoms with Crippen LogP contribution in [0.5, 0.6) is 0 Å². The van der Waals surface area contributed by atoms with Gasteiger partial charge in [0.2, 0.25) is 10.0 Å². The zero-order valence-corrected chi connectivity index (χ0v) is 9.08. The minimum atomic E-state index is -3.14. The minimum Gasteiger partial charge on any atom is -0.264 e. The van der Waals surface area contributed by atoms with Crippen LogP contribution in [-0.4, -0.2) is 19.2 Å². The van der Waals surface area contributed by atoms with Gasteiger partial charge in [-0.25, -0.2) is 13.1 Å². The molecule has 78 valence electrons. The maximum absolute atomic E-state index is 11.3. The first-order valence-corrected chi connectivity index (χ1v) is 6.10. The summed E-state index contributed by atoms with van der Waals surface area (Å²) in [7, 11) is -3.14. The van der Waals surface area contributed by atoms with Gasteiger partial charge in [0.15, 0.2) is 0 Å². The predicted octanol–water partition coefficient (Wildman–Crippen LogP) is 1.08. The molecule has 0 saturated carbocycles. The second kappa shape index (κ2) is 4.52. The van der Waals surface area contributed by atoms with E-state index in [2.05, 4.69) is 9.71 Å². The van der Waals surface area contributed by atoms with Crippen molar-refractivity contribution >= 4 is 10.0 Å². The van der Waals surface area contributed by atoms with Gasteiger partial charge in [0.25, 0.3) is 0 Å². The number of hydrogen-bond donors (Lipinski definition) is 1. The van der Waals surface area contributed by atoms with Gasteiger partial charge in [-0.3, -0.25) is 4.98 Å². The van der Waals surface area contributed by atoms with Crippen molar-refractivity contribution in [3.8, 4) is 0 Å². The molecule has 1 unspecified atom stereocenters. The van der Waals surface area contributed by atoms with Crippen molar-refractivity contribution in [3.63, 3.8) is 0 Å². The minimum absolute atomic E-state index is 0.0948. The number of rotatable bonds is 4. The number of aromatic nitrogens is 1. The van der Waals surface area contributed by atoms with Gasteiger partial charge in [-0.05, 0) is 25.5 Å². The van der Waals surface area contributed by atoms with Gasteiger partial charge in [-0.1, -0.05) is 6.07 Å². The van der Waals surface area contributed by atoms with Crippen LogP contribution in [0, 0.1) is 0 Å². The van der Waals surface area contributed by atoms with Gasteiger partial charge in [0.1, 0.15) is 0 Å². The molecule has 1 rings (SSSR count). The van der Waals surface area contributed by atoms with Crippen LogP contribution in [0.4, 0.5) is 0 Å². The number of hydrogen-bond acceptors (Lipinski definition) is 3. The largest absolute Gasteiger partial charge is 0.264 e. The normalized spacial score (nSPS) is 13.9. The third kappa shape index (κ3) is 3.08. The molecule has 14 heavy (non-hydrogen) atoms. The first kappa shape index (κ1) is 11.1. The molecular formula is C9H14N2O2S. The zero-order chi connectivity index (χ0) is 10.6. The standard InChI is InChI=1S/C9H14N2O2S/c1-3-14(12,13)11-8(2)9-5-4-6-10-7-9/h4-8,11H,3H2,1-2H3. The maximum Gasteiger partial charge on any atom is 0.211 e. The summed E-state index contributed by atoms with van der Waals surface area (Å²) in [6.45, 7) is 3.41. The summed E-state index contributed by atoms with van der Waals surface area (Å²) >= 11 is 0. The molecule has 0 aliphatic rings. The van der Waals surface area contributed by atoms with E-state index in [0.717, 1.165) is 5.56 Å². The first-order chi connectivity index (χ1) is 6.55. The van der Waals surface area contributed by atoms with Crippen molar-refractivity contribution in [1.82, 2.24) is 9.71 Å².